The first-order valence-corrected chi connectivity index (χ1v) is 15.1. The van der Waals surface area contributed by atoms with Crippen LogP contribution in [0.1, 0.15) is 67.9 Å². The molecule has 3 aromatic rings. The van der Waals surface area contributed by atoms with Gasteiger partial charge < -0.3 is 9.64 Å². The number of sulfonamides is 1. The fourth-order valence-corrected chi connectivity index (χ4v) is 6.48. The lowest BCUT2D eigenvalue weighted by Gasteiger charge is -2.34. The van der Waals surface area contributed by atoms with Gasteiger partial charge in [-0.3, -0.25) is 4.79 Å². The summed E-state index contributed by atoms with van der Waals surface area (Å²) in [5.41, 5.74) is -0.830. The third-order valence-electron chi connectivity index (χ3n) is 8.16. The highest BCUT2D eigenvalue weighted by Crippen LogP contribution is 2.56. The molecule has 222 valence electrons. The molecule has 0 bridgehead atoms. The Kier molecular flexibility index (Phi) is 7.25. The van der Waals surface area contributed by atoms with E-state index in [0.29, 0.717) is 42.1 Å². The van der Waals surface area contributed by atoms with E-state index in [2.05, 4.69) is 9.82 Å². The summed E-state index contributed by atoms with van der Waals surface area (Å²) in [6, 6.07) is 10.6. The molecule has 0 unspecified atom stereocenters. The number of nitriles is 1. The van der Waals surface area contributed by atoms with Crippen molar-refractivity contribution in [2.75, 3.05) is 18.1 Å². The van der Waals surface area contributed by atoms with Gasteiger partial charge in [0.05, 0.1) is 27.5 Å². The Morgan fingerprint density at radius 3 is 2.52 bits per heavy atom. The summed E-state index contributed by atoms with van der Waals surface area (Å²) in [4.78, 5) is 20.0. The Balaban J connectivity index is 1.44. The van der Waals surface area contributed by atoms with Gasteiger partial charge in [-0.15, -0.1) is 5.10 Å². The molecule has 13 heteroatoms. The first-order chi connectivity index (χ1) is 19.7. The molecule has 2 aromatic heterocycles. The molecule has 1 amide bonds. The second-order valence-electron chi connectivity index (χ2n) is 11.7. The molecule has 1 aliphatic heterocycles. The van der Waals surface area contributed by atoms with Gasteiger partial charge >= 0.3 is 0 Å². The number of halogens is 2. The molecule has 1 N–H and O–H groups in total. The van der Waals surface area contributed by atoms with Crippen LogP contribution in [0, 0.1) is 23.7 Å². The van der Waals surface area contributed by atoms with Gasteiger partial charge in [-0.05, 0) is 82.3 Å². The maximum Gasteiger partial charge on any atom is 0.268 e. The van der Waals surface area contributed by atoms with Crippen LogP contribution in [-0.4, -0.2) is 53.7 Å². The molecular weight excluding hydrogens is 566 g/mol. The van der Waals surface area contributed by atoms with E-state index >= 15 is 0 Å². The maximum atomic E-state index is 13.9. The number of carbonyl (C=O) groups is 1. The number of carbonyl (C=O) groups excluding carboxylic acids is 1. The molecule has 2 aliphatic rings. The van der Waals surface area contributed by atoms with Crippen LogP contribution in [0.25, 0.3) is 5.82 Å². The van der Waals surface area contributed by atoms with Gasteiger partial charge in [0.1, 0.15) is 12.4 Å². The first-order valence-electron chi connectivity index (χ1n) is 13.6. The van der Waals surface area contributed by atoms with Crippen molar-refractivity contribution in [1.29, 1.82) is 5.26 Å². The molecule has 0 spiro atoms. The predicted molar refractivity (Wildman–Crippen MR) is 150 cm³/mol. The van der Waals surface area contributed by atoms with E-state index in [9.17, 15) is 22.0 Å². The number of anilines is 1. The van der Waals surface area contributed by atoms with E-state index in [1.807, 2.05) is 24.8 Å². The molecule has 42 heavy (non-hydrogen) atoms. The molecule has 2 fully saturated rings. The van der Waals surface area contributed by atoms with Crippen LogP contribution in [0.2, 0.25) is 0 Å². The summed E-state index contributed by atoms with van der Waals surface area (Å²) < 4.78 is 63.4. The van der Waals surface area contributed by atoms with E-state index in [1.165, 1.54) is 35.0 Å². The lowest BCUT2D eigenvalue weighted by molar-refractivity contribution is -0.0712. The third-order valence-corrected chi connectivity index (χ3v) is 9.65. The van der Waals surface area contributed by atoms with E-state index < -0.39 is 27.3 Å². The monoisotopic (exact) mass is 598 g/mol. The van der Waals surface area contributed by atoms with Gasteiger partial charge in [0.25, 0.3) is 21.9 Å². The normalized spacial score (nSPS) is 17.5. The fourth-order valence-electron chi connectivity index (χ4n) is 5.29. The number of pyridine rings is 1. The van der Waals surface area contributed by atoms with Crippen LogP contribution >= 0.6 is 0 Å². The minimum Gasteiger partial charge on any atom is -0.476 e. The van der Waals surface area contributed by atoms with E-state index in [4.69, 9.17) is 15.0 Å². The van der Waals surface area contributed by atoms with E-state index in [-0.39, 0.29) is 28.5 Å². The van der Waals surface area contributed by atoms with Crippen molar-refractivity contribution in [3.8, 4) is 17.8 Å². The van der Waals surface area contributed by atoms with Crippen LogP contribution in [0.3, 0.4) is 0 Å². The lowest BCUT2D eigenvalue weighted by atomic mass is 10.0. The number of alkyl halides is 2. The number of aryl methyl sites for hydroxylation is 1. The highest BCUT2D eigenvalue weighted by molar-refractivity contribution is 7.90. The second-order valence-corrected chi connectivity index (χ2v) is 13.3. The highest BCUT2D eigenvalue weighted by atomic mass is 32.2. The van der Waals surface area contributed by atoms with Crippen LogP contribution < -0.4 is 14.4 Å². The second kappa shape index (κ2) is 10.3. The predicted octanol–water partition coefficient (Wildman–Crippen LogP) is 4.76. The van der Waals surface area contributed by atoms with Gasteiger partial charge in [-0.1, -0.05) is 0 Å². The summed E-state index contributed by atoms with van der Waals surface area (Å²) in [6.07, 6.45) is 4.05. The number of aromatic nitrogens is 3. The van der Waals surface area contributed by atoms with Crippen LogP contribution in [-0.2, 0) is 10.0 Å². The first kappa shape index (κ1) is 29.4. The third kappa shape index (κ3) is 5.55. The molecule has 0 radical (unpaired) electrons. The SMILES string of the molecule is Cc1cc(C#N)ccc1S(=O)(=O)NC(=O)c1ccc(-n2ccc(OCC3(C(C)(F)F)CC3)n2)nc1N1CCCC1(C)C. The topological polar surface area (TPSA) is 130 Å². The molecular formula is C29H32F2N6O4S. The average molecular weight is 599 g/mol. The number of ether oxygens (including phenoxy) is 1. The van der Waals surface area contributed by atoms with Crippen molar-refractivity contribution >= 4 is 21.7 Å². The van der Waals surface area contributed by atoms with Gasteiger partial charge in [-0.25, -0.2) is 31.6 Å². The van der Waals surface area contributed by atoms with E-state index in [1.54, 1.807) is 19.2 Å². The zero-order valence-electron chi connectivity index (χ0n) is 23.8. The number of hydrogen-bond acceptors (Lipinski definition) is 8. The van der Waals surface area contributed by atoms with Crippen molar-refractivity contribution in [2.45, 2.75) is 69.7 Å². The average Bonchev–Trinajstić information content (AvgIpc) is 3.44. The molecule has 1 saturated heterocycles. The number of benzene rings is 1. The zero-order valence-corrected chi connectivity index (χ0v) is 24.6. The molecule has 10 nitrogen and oxygen atoms in total. The lowest BCUT2D eigenvalue weighted by Crippen LogP contribution is -2.41. The molecule has 1 aromatic carbocycles. The van der Waals surface area contributed by atoms with Gasteiger partial charge in [-0.2, -0.15) is 5.26 Å². The van der Waals surface area contributed by atoms with Crippen molar-refractivity contribution in [3.63, 3.8) is 0 Å². The van der Waals surface area contributed by atoms with Crippen molar-refractivity contribution in [1.82, 2.24) is 19.5 Å². The molecule has 0 atom stereocenters. The molecule has 1 aliphatic carbocycles. The number of rotatable bonds is 9. The van der Waals surface area contributed by atoms with Crippen molar-refractivity contribution < 1.29 is 26.7 Å². The van der Waals surface area contributed by atoms with Gasteiger partial charge in [0.2, 0.25) is 5.88 Å². The maximum absolute atomic E-state index is 13.9. The summed E-state index contributed by atoms with van der Waals surface area (Å²) >= 11 is 0. The Labute approximate surface area is 243 Å². The standard InChI is InChI=1S/C29H32F2N6O4S/c1-19-16-20(17-32)6-8-22(19)42(39,40)35-26(38)21-7-9-23(33-25(21)36-14-5-11-27(36,2)3)37-15-10-24(34-37)41-18-29(12-13-29)28(4,30)31/h6-10,15-16H,5,11-14,18H2,1-4H3,(H,35,38). The minimum absolute atomic E-state index is 0.0630. The van der Waals surface area contributed by atoms with Gasteiger partial charge in [0.15, 0.2) is 5.82 Å². The van der Waals surface area contributed by atoms with Crippen molar-refractivity contribution in [2.24, 2.45) is 5.41 Å². The number of nitrogens with zero attached hydrogens (tertiary/aromatic N) is 5. The summed E-state index contributed by atoms with van der Waals surface area (Å²) in [5, 5.41) is 13.4. The molecule has 1 saturated carbocycles. The quantitative estimate of drug-likeness (QED) is 0.373. The Hall–Kier alpha value is -4.05. The van der Waals surface area contributed by atoms with Crippen LogP contribution in [0.5, 0.6) is 5.88 Å². The molecule has 5 rings (SSSR count). The summed E-state index contributed by atoms with van der Waals surface area (Å²) in [7, 11) is -4.26. The Morgan fingerprint density at radius 1 is 1.19 bits per heavy atom. The smallest absolute Gasteiger partial charge is 0.268 e. The van der Waals surface area contributed by atoms with E-state index in [0.717, 1.165) is 19.8 Å². The molecule has 3 heterocycles. The zero-order chi connectivity index (χ0) is 30.5. The Bertz CT molecular complexity index is 1690. The number of amides is 1. The van der Waals surface area contributed by atoms with Gasteiger partial charge in [0, 0.05) is 31.3 Å². The summed E-state index contributed by atoms with van der Waals surface area (Å²) in [6.45, 7) is 6.94. The highest BCUT2D eigenvalue weighted by Gasteiger charge is 2.59. The largest absolute Gasteiger partial charge is 0.476 e. The van der Waals surface area contributed by atoms with Crippen LogP contribution in [0.15, 0.2) is 47.5 Å². The van der Waals surface area contributed by atoms with Crippen LogP contribution in [0.4, 0.5) is 14.6 Å². The number of hydrogen-bond donors (Lipinski definition) is 1. The Morgan fingerprint density at radius 2 is 1.93 bits per heavy atom. The number of nitrogens with one attached hydrogen (secondary N) is 1. The minimum atomic E-state index is -4.26. The fraction of sp³-hybridized carbons (Fsp3) is 0.448. The van der Waals surface area contributed by atoms with Crippen molar-refractivity contribution in [3.05, 3.63) is 59.3 Å². The summed E-state index contributed by atoms with van der Waals surface area (Å²) in [5.74, 6) is -2.90.